The lowest BCUT2D eigenvalue weighted by molar-refractivity contribution is 0.0345. The van der Waals surface area contributed by atoms with E-state index in [0.717, 1.165) is 12.3 Å². The summed E-state index contributed by atoms with van der Waals surface area (Å²) >= 11 is 0. The van der Waals surface area contributed by atoms with E-state index < -0.39 is 0 Å². The fourth-order valence-electron chi connectivity index (χ4n) is 1.83. The van der Waals surface area contributed by atoms with Crippen molar-refractivity contribution < 1.29 is 4.74 Å². The van der Waals surface area contributed by atoms with Gasteiger partial charge in [0.1, 0.15) is 0 Å². The molecule has 0 aliphatic heterocycles. The first-order chi connectivity index (χ1) is 7.88. The summed E-state index contributed by atoms with van der Waals surface area (Å²) in [6.07, 6.45) is 4.33. The largest absolute Gasteiger partial charge is 0.372 e. The van der Waals surface area contributed by atoms with E-state index in [4.69, 9.17) is 10.00 Å². The van der Waals surface area contributed by atoms with E-state index in [1.807, 2.05) is 18.2 Å². The molecule has 0 N–H and O–H groups in total. The molecule has 0 bridgehead atoms. The molecule has 2 heteroatoms. The van der Waals surface area contributed by atoms with Crippen LogP contribution in [0.15, 0.2) is 30.3 Å². The summed E-state index contributed by atoms with van der Waals surface area (Å²) in [4.78, 5) is 0. The zero-order valence-electron chi connectivity index (χ0n) is 9.43. The fourth-order valence-corrected chi connectivity index (χ4v) is 1.83. The summed E-state index contributed by atoms with van der Waals surface area (Å²) < 4.78 is 5.80. The highest BCUT2D eigenvalue weighted by atomic mass is 16.5. The van der Waals surface area contributed by atoms with E-state index in [2.05, 4.69) is 18.2 Å². The molecular formula is C14H17NO. The summed E-state index contributed by atoms with van der Waals surface area (Å²) in [5.41, 5.74) is 1.18. The third-order valence-electron chi connectivity index (χ3n) is 2.94. The number of hydrogen-bond acceptors (Lipinski definition) is 2. The summed E-state index contributed by atoms with van der Waals surface area (Å²) in [6, 6.07) is 12.4. The van der Waals surface area contributed by atoms with Crippen LogP contribution in [-0.2, 0) is 11.3 Å². The third kappa shape index (κ3) is 3.67. The van der Waals surface area contributed by atoms with Crippen LogP contribution >= 0.6 is 0 Å². The Morgan fingerprint density at radius 2 is 2.06 bits per heavy atom. The molecule has 0 spiro atoms. The molecule has 84 valence electrons. The van der Waals surface area contributed by atoms with Crippen LogP contribution < -0.4 is 0 Å². The molecular weight excluding hydrogens is 198 g/mol. The highest BCUT2D eigenvalue weighted by Crippen LogP contribution is 2.35. The van der Waals surface area contributed by atoms with Gasteiger partial charge in [0.25, 0.3) is 0 Å². The standard InChI is InChI=1S/C14H17NO/c15-9-8-14(10-12-6-7-12)16-11-13-4-2-1-3-5-13/h1-5,12,14H,6-8,10-11H2. The molecule has 1 aliphatic rings. The minimum Gasteiger partial charge on any atom is -0.372 e. The Morgan fingerprint density at radius 1 is 1.31 bits per heavy atom. The topological polar surface area (TPSA) is 33.0 Å². The Bertz CT molecular complexity index is 351. The van der Waals surface area contributed by atoms with Gasteiger partial charge in [-0.2, -0.15) is 5.26 Å². The SMILES string of the molecule is N#CCC(CC1CC1)OCc1ccccc1. The first-order valence-corrected chi connectivity index (χ1v) is 5.91. The van der Waals surface area contributed by atoms with Gasteiger partial charge in [-0.25, -0.2) is 0 Å². The van der Waals surface area contributed by atoms with E-state index in [1.165, 1.54) is 18.4 Å². The molecule has 1 unspecified atom stereocenters. The highest BCUT2D eigenvalue weighted by molar-refractivity contribution is 5.13. The molecule has 2 rings (SSSR count). The van der Waals surface area contributed by atoms with E-state index in [1.54, 1.807) is 0 Å². The molecule has 0 heterocycles. The number of hydrogen-bond donors (Lipinski definition) is 0. The fraction of sp³-hybridized carbons (Fsp3) is 0.500. The first kappa shape index (κ1) is 11.2. The number of ether oxygens (including phenoxy) is 1. The van der Waals surface area contributed by atoms with E-state index in [0.29, 0.717) is 13.0 Å². The molecule has 16 heavy (non-hydrogen) atoms. The van der Waals surface area contributed by atoms with Gasteiger partial charge in [0, 0.05) is 0 Å². The molecule has 1 aliphatic carbocycles. The molecule has 0 radical (unpaired) electrons. The molecule has 2 nitrogen and oxygen atoms in total. The number of rotatable bonds is 6. The second kappa shape index (κ2) is 5.67. The van der Waals surface area contributed by atoms with Gasteiger partial charge in [0.05, 0.1) is 25.2 Å². The van der Waals surface area contributed by atoms with Crippen molar-refractivity contribution in [3.8, 4) is 6.07 Å². The van der Waals surface area contributed by atoms with Crippen LogP contribution in [0.1, 0.15) is 31.2 Å². The molecule has 0 amide bonds. The average molecular weight is 215 g/mol. The summed E-state index contributed by atoms with van der Waals surface area (Å²) in [5, 5.41) is 8.74. The molecule has 1 saturated carbocycles. The lowest BCUT2D eigenvalue weighted by Gasteiger charge is -2.14. The van der Waals surface area contributed by atoms with Crippen LogP contribution in [0.4, 0.5) is 0 Å². The van der Waals surface area contributed by atoms with E-state index in [-0.39, 0.29) is 6.10 Å². The van der Waals surface area contributed by atoms with Gasteiger partial charge in [-0.15, -0.1) is 0 Å². The first-order valence-electron chi connectivity index (χ1n) is 5.91. The zero-order valence-corrected chi connectivity index (χ0v) is 9.43. The Morgan fingerprint density at radius 3 is 2.69 bits per heavy atom. The minimum absolute atomic E-state index is 0.123. The van der Waals surface area contributed by atoms with Crippen molar-refractivity contribution in [2.24, 2.45) is 5.92 Å². The molecule has 1 atom stereocenters. The van der Waals surface area contributed by atoms with Crippen LogP contribution in [0, 0.1) is 17.2 Å². The van der Waals surface area contributed by atoms with E-state index >= 15 is 0 Å². The van der Waals surface area contributed by atoms with Crippen LogP contribution in [0.25, 0.3) is 0 Å². The molecule has 1 aromatic carbocycles. The van der Waals surface area contributed by atoms with Gasteiger partial charge in [0.15, 0.2) is 0 Å². The number of nitriles is 1. The van der Waals surface area contributed by atoms with Gasteiger partial charge in [-0.3, -0.25) is 0 Å². The van der Waals surface area contributed by atoms with Crippen molar-refractivity contribution in [2.45, 2.75) is 38.4 Å². The second-order valence-electron chi connectivity index (χ2n) is 4.46. The average Bonchev–Trinajstić information content (AvgIpc) is 3.12. The van der Waals surface area contributed by atoms with Crippen molar-refractivity contribution in [3.05, 3.63) is 35.9 Å². The van der Waals surface area contributed by atoms with Gasteiger partial charge >= 0.3 is 0 Å². The monoisotopic (exact) mass is 215 g/mol. The summed E-state index contributed by atoms with van der Waals surface area (Å²) in [5.74, 6) is 0.814. The van der Waals surface area contributed by atoms with Gasteiger partial charge < -0.3 is 4.74 Å². The summed E-state index contributed by atoms with van der Waals surface area (Å²) in [6.45, 7) is 0.625. The van der Waals surface area contributed by atoms with Crippen LogP contribution in [0.2, 0.25) is 0 Å². The molecule has 0 aromatic heterocycles. The molecule has 1 fully saturated rings. The third-order valence-corrected chi connectivity index (χ3v) is 2.94. The normalized spacial score (nSPS) is 16.7. The van der Waals surface area contributed by atoms with Gasteiger partial charge in [-0.05, 0) is 17.9 Å². The molecule has 1 aromatic rings. The van der Waals surface area contributed by atoms with Crippen LogP contribution in [-0.4, -0.2) is 6.10 Å². The minimum atomic E-state index is 0.123. The van der Waals surface area contributed by atoms with E-state index in [9.17, 15) is 0 Å². The van der Waals surface area contributed by atoms with Crippen LogP contribution in [0.5, 0.6) is 0 Å². The Balaban J connectivity index is 1.79. The predicted molar refractivity (Wildman–Crippen MR) is 62.6 cm³/mol. The van der Waals surface area contributed by atoms with Crippen molar-refractivity contribution in [1.29, 1.82) is 5.26 Å². The number of benzene rings is 1. The van der Waals surface area contributed by atoms with Crippen molar-refractivity contribution in [3.63, 3.8) is 0 Å². The summed E-state index contributed by atoms with van der Waals surface area (Å²) in [7, 11) is 0. The maximum atomic E-state index is 8.74. The Labute approximate surface area is 96.9 Å². The van der Waals surface area contributed by atoms with Crippen molar-refractivity contribution in [1.82, 2.24) is 0 Å². The van der Waals surface area contributed by atoms with Gasteiger partial charge in [0.2, 0.25) is 0 Å². The molecule has 0 saturated heterocycles. The Kier molecular flexibility index (Phi) is 3.96. The maximum Gasteiger partial charge on any atom is 0.0721 e. The lowest BCUT2D eigenvalue weighted by Crippen LogP contribution is -2.13. The Hall–Kier alpha value is -1.33. The van der Waals surface area contributed by atoms with Crippen LogP contribution in [0.3, 0.4) is 0 Å². The van der Waals surface area contributed by atoms with Crippen molar-refractivity contribution in [2.75, 3.05) is 0 Å². The quantitative estimate of drug-likeness (QED) is 0.729. The smallest absolute Gasteiger partial charge is 0.0721 e. The zero-order chi connectivity index (χ0) is 11.2. The maximum absolute atomic E-state index is 8.74. The van der Waals surface area contributed by atoms with Gasteiger partial charge in [-0.1, -0.05) is 43.2 Å². The predicted octanol–water partition coefficient (Wildman–Crippen LogP) is 3.29. The highest BCUT2D eigenvalue weighted by Gasteiger charge is 2.25. The second-order valence-corrected chi connectivity index (χ2v) is 4.46. The number of nitrogens with zero attached hydrogens (tertiary/aromatic N) is 1. The van der Waals surface area contributed by atoms with Crippen molar-refractivity contribution >= 4 is 0 Å². The lowest BCUT2D eigenvalue weighted by atomic mass is 10.1.